The molecule has 0 aliphatic heterocycles. The van der Waals surface area contributed by atoms with Gasteiger partial charge in [-0.3, -0.25) is 0 Å². The predicted molar refractivity (Wildman–Crippen MR) is 126 cm³/mol. The number of thiocarbonyl (C=S) groups is 1. The molecule has 2 aromatic carbocycles. The Balaban J connectivity index is 2.48. The van der Waals surface area contributed by atoms with Crippen LogP contribution in [0.1, 0.15) is 38.3 Å². The third-order valence-corrected chi connectivity index (χ3v) is 5.74. The van der Waals surface area contributed by atoms with E-state index < -0.39 is 14.8 Å². The smallest absolute Gasteiger partial charge is 0.174 e. The molecule has 140 valence electrons. The summed E-state index contributed by atoms with van der Waals surface area (Å²) in [5.74, 6) is 0. The first-order chi connectivity index (χ1) is 12.1. The van der Waals surface area contributed by atoms with Gasteiger partial charge in [0.05, 0.1) is 0 Å². The van der Waals surface area contributed by atoms with Crippen molar-refractivity contribution in [2.24, 2.45) is 5.41 Å². The monoisotopic (exact) mass is 497 g/mol. The topological polar surface area (TPSA) is 21.3 Å². The average molecular weight is 498 g/mol. The van der Waals surface area contributed by atoms with Crippen molar-refractivity contribution in [3.05, 3.63) is 69.3 Å². The number of rotatable bonds is 6. The molecule has 0 aliphatic carbocycles. The Bertz CT molecular complexity index is 745. The van der Waals surface area contributed by atoms with Gasteiger partial charge in [-0.05, 0) is 53.2 Å². The fourth-order valence-corrected chi connectivity index (χ4v) is 5.02. The molecular formula is C21H28INOSSi. The van der Waals surface area contributed by atoms with E-state index in [1.165, 1.54) is 3.57 Å². The standard InChI is InChI=1S/C21H28INOSSi/c1-20(2,3)15-21(24-26(4)5,17-11-7-6-8-12-17)23-19(25)16-10-9-13-18(22)14-16/h6-14,26H,15H2,1-5H3,(H,23,25)/t21-/m1/s1. The molecule has 0 amide bonds. The lowest BCUT2D eigenvalue weighted by Gasteiger charge is -2.42. The minimum atomic E-state index is -1.34. The molecule has 0 saturated carbocycles. The predicted octanol–water partition coefficient (Wildman–Crippen LogP) is 5.85. The van der Waals surface area contributed by atoms with Crippen molar-refractivity contribution >= 4 is 48.8 Å². The summed E-state index contributed by atoms with van der Waals surface area (Å²) in [5.41, 5.74) is 1.62. The van der Waals surface area contributed by atoms with Crippen LogP contribution >= 0.6 is 34.8 Å². The molecule has 2 aromatic rings. The summed E-state index contributed by atoms with van der Waals surface area (Å²) >= 11 is 8.11. The summed E-state index contributed by atoms with van der Waals surface area (Å²) in [6, 6.07) is 18.7. The second-order valence-corrected chi connectivity index (χ2v) is 12.0. The molecule has 0 spiro atoms. The molecule has 2 nitrogen and oxygen atoms in total. The Labute approximate surface area is 178 Å². The van der Waals surface area contributed by atoms with Crippen molar-refractivity contribution in [2.75, 3.05) is 0 Å². The van der Waals surface area contributed by atoms with Crippen molar-refractivity contribution in [1.82, 2.24) is 5.32 Å². The van der Waals surface area contributed by atoms with E-state index in [0.29, 0.717) is 0 Å². The molecule has 5 heteroatoms. The first kappa shape index (κ1) is 21.5. The molecule has 0 heterocycles. The van der Waals surface area contributed by atoms with E-state index in [1.807, 2.05) is 12.1 Å². The van der Waals surface area contributed by atoms with E-state index >= 15 is 0 Å². The van der Waals surface area contributed by atoms with Crippen molar-refractivity contribution in [2.45, 2.75) is 46.0 Å². The van der Waals surface area contributed by atoms with Crippen molar-refractivity contribution in [1.29, 1.82) is 0 Å². The fourth-order valence-electron chi connectivity index (χ4n) is 3.10. The van der Waals surface area contributed by atoms with E-state index in [-0.39, 0.29) is 5.41 Å². The van der Waals surface area contributed by atoms with Crippen LogP contribution in [0, 0.1) is 8.99 Å². The summed E-state index contributed by atoms with van der Waals surface area (Å²) in [7, 11) is -1.34. The van der Waals surface area contributed by atoms with Crippen LogP contribution in [-0.4, -0.2) is 14.0 Å². The van der Waals surface area contributed by atoms with Gasteiger partial charge in [0.25, 0.3) is 0 Å². The normalized spacial score (nSPS) is 14.1. The second kappa shape index (κ2) is 8.95. The van der Waals surface area contributed by atoms with Gasteiger partial charge in [0, 0.05) is 21.1 Å². The fraction of sp³-hybridized carbons (Fsp3) is 0.381. The van der Waals surface area contributed by atoms with Crippen molar-refractivity contribution in [3.8, 4) is 0 Å². The first-order valence-electron chi connectivity index (χ1n) is 8.93. The van der Waals surface area contributed by atoms with E-state index in [0.717, 1.165) is 22.5 Å². The van der Waals surface area contributed by atoms with E-state index in [1.54, 1.807) is 0 Å². The highest BCUT2D eigenvalue weighted by atomic mass is 127. The Kier molecular flexibility index (Phi) is 7.41. The molecular weight excluding hydrogens is 469 g/mol. The Morgan fingerprint density at radius 1 is 1.08 bits per heavy atom. The zero-order valence-corrected chi connectivity index (χ0v) is 20.3. The van der Waals surface area contributed by atoms with Crippen molar-refractivity contribution < 1.29 is 4.43 Å². The summed E-state index contributed by atoms with van der Waals surface area (Å²) in [4.78, 5) is 0.728. The minimum Gasteiger partial charge on any atom is -0.395 e. The quantitative estimate of drug-likeness (QED) is 0.234. The highest BCUT2D eigenvalue weighted by Gasteiger charge is 2.38. The Morgan fingerprint density at radius 3 is 2.27 bits per heavy atom. The van der Waals surface area contributed by atoms with Gasteiger partial charge in [-0.15, -0.1) is 0 Å². The maximum Gasteiger partial charge on any atom is 0.174 e. The molecule has 1 N–H and O–H groups in total. The van der Waals surface area contributed by atoms with Crippen LogP contribution in [0.25, 0.3) is 0 Å². The molecule has 0 bridgehead atoms. The molecule has 2 rings (SSSR count). The van der Waals surface area contributed by atoms with Crippen molar-refractivity contribution in [3.63, 3.8) is 0 Å². The van der Waals surface area contributed by atoms with Gasteiger partial charge >= 0.3 is 0 Å². The molecule has 0 aromatic heterocycles. The van der Waals surface area contributed by atoms with Crippen LogP contribution in [0.3, 0.4) is 0 Å². The van der Waals surface area contributed by atoms with Crippen LogP contribution in [0.15, 0.2) is 54.6 Å². The molecule has 26 heavy (non-hydrogen) atoms. The average Bonchev–Trinajstić information content (AvgIpc) is 2.53. The zero-order valence-electron chi connectivity index (χ0n) is 16.2. The minimum absolute atomic E-state index is 0.0762. The number of nitrogens with one attached hydrogen (secondary N) is 1. The third-order valence-electron chi connectivity index (χ3n) is 3.86. The molecule has 1 atom stereocenters. The molecule has 0 fully saturated rings. The van der Waals surface area contributed by atoms with Crippen LogP contribution in [0.2, 0.25) is 13.1 Å². The van der Waals surface area contributed by atoms with Gasteiger partial charge in [-0.2, -0.15) is 0 Å². The summed E-state index contributed by atoms with van der Waals surface area (Å²) in [5, 5.41) is 3.62. The molecule has 0 radical (unpaired) electrons. The molecule has 0 unspecified atom stereocenters. The summed E-state index contributed by atoms with van der Waals surface area (Å²) in [6.07, 6.45) is 0.833. The zero-order chi connectivity index (χ0) is 19.4. The summed E-state index contributed by atoms with van der Waals surface area (Å²) in [6.45, 7) is 11.1. The van der Waals surface area contributed by atoms with Gasteiger partial charge in [-0.1, -0.05) is 75.5 Å². The summed E-state index contributed by atoms with van der Waals surface area (Å²) < 4.78 is 7.83. The number of halogens is 1. The number of hydrogen-bond acceptors (Lipinski definition) is 2. The SMILES string of the molecule is C[SiH](C)O[C@@](CC(C)(C)C)(NC(=S)c1cccc(I)c1)c1ccccc1. The first-order valence-corrected chi connectivity index (χ1v) is 13.2. The molecule has 0 saturated heterocycles. The highest BCUT2D eigenvalue weighted by Crippen LogP contribution is 2.37. The Morgan fingerprint density at radius 2 is 1.73 bits per heavy atom. The maximum absolute atomic E-state index is 6.66. The lowest BCUT2D eigenvalue weighted by atomic mass is 9.83. The number of benzene rings is 2. The van der Waals surface area contributed by atoms with Gasteiger partial charge in [-0.25, -0.2) is 0 Å². The third kappa shape index (κ3) is 6.15. The van der Waals surface area contributed by atoms with Crippen LogP contribution < -0.4 is 5.32 Å². The second-order valence-electron chi connectivity index (χ2n) is 8.06. The van der Waals surface area contributed by atoms with Gasteiger partial charge in [0.15, 0.2) is 14.8 Å². The number of hydrogen-bond donors (Lipinski definition) is 1. The van der Waals surface area contributed by atoms with Gasteiger partial charge in [0.2, 0.25) is 0 Å². The highest BCUT2D eigenvalue weighted by molar-refractivity contribution is 14.1. The largest absolute Gasteiger partial charge is 0.395 e. The lowest BCUT2D eigenvalue weighted by molar-refractivity contribution is 0.00753. The lowest BCUT2D eigenvalue weighted by Crippen LogP contribution is -2.51. The Hall–Kier alpha value is -0.763. The van der Waals surface area contributed by atoms with Crippen LogP contribution in [0.5, 0.6) is 0 Å². The maximum atomic E-state index is 6.66. The van der Waals surface area contributed by atoms with Gasteiger partial charge in [0.1, 0.15) is 4.99 Å². The van der Waals surface area contributed by atoms with E-state index in [2.05, 4.69) is 104 Å². The van der Waals surface area contributed by atoms with Crippen LogP contribution in [0.4, 0.5) is 0 Å². The van der Waals surface area contributed by atoms with E-state index in [9.17, 15) is 0 Å². The van der Waals surface area contributed by atoms with Crippen LogP contribution in [-0.2, 0) is 10.2 Å². The van der Waals surface area contributed by atoms with E-state index in [4.69, 9.17) is 16.6 Å². The molecule has 0 aliphatic rings. The van der Waals surface area contributed by atoms with Gasteiger partial charge < -0.3 is 9.74 Å².